The van der Waals surface area contributed by atoms with E-state index in [9.17, 15) is 54.3 Å². The number of unbranched alkanes of at least 4 members (excludes halogenated alkanes) is 2. The van der Waals surface area contributed by atoms with E-state index >= 15 is 0 Å². The first-order chi connectivity index (χ1) is 23.6. The number of carbonyl (C=O) groups excluding carboxylic acids is 2. The van der Waals surface area contributed by atoms with Crippen LogP contribution in [0.4, 0.5) is 0 Å². The first-order valence-corrected chi connectivity index (χ1v) is 17.7. The van der Waals surface area contributed by atoms with E-state index in [0.717, 1.165) is 6.42 Å². The lowest BCUT2D eigenvalue weighted by atomic mass is 9.79. The van der Waals surface area contributed by atoms with E-state index in [4.69, 9.17) is 25.4 Å². The van der Waals surface area contributed by atoms with Crippen molar-refractivity contribution >= 4 is 35.8 Å². The van der Waals surface area contributed by atoms with Crippen LogP contribution in [0.3, 0.4) is 0 Å². The Bertz CT molecular complexity index is 1110. The largest absolute Gasteiger partial charge is 0.481 e. The van der Waals surface area contributed by atoms with E-state index in [1.807, 2.05) is 6.92 Å². The molecule has 296 valence electrons. The van der Waals surface area contributed by atoms with Gasteiger partial charge in [-0.1, -0.05) is 46.5 Å². The van der Waals surface area contributed by atoms with Crippen molar-refractivity contribution in [3.8, 4) is 0 Å². The summed E-state index contributed by atoms with van der Waals surface area (Å²) in [6, 6.07) is -0.479. The number of nitrogens with two attached hydrogens (primary N) is 1. The average Bonchev–Trinajstić information content (AvgIpc) is 2.99. The standard InChI is InChI=1S/C35H61NO15/c1-6-7-10-21(3)32(50-30(44)16-23(33(46)47)14-28(40)41)35(5,51-31(45)17-24(34(48)49)15-29(42)43)19-20(2)13-25(37)11-8-9-12-26(38)18-27(39)22(4)36/h20-27,32,37-39H,6-19,36H2,1-5H3,(H,40,41)(H,42,43)(H,46,47)(H,48,49)/t20-,21+,22-,23-,24+,25+,26+,27-,32+,35-/m0/s1. The molecule has 0 aliphatic carbocycles. The van der Waals surface area contributed by atoms with Gasteiger partial charge in [-0.05, 0) is 57.8 Å². The van der Waals surface area contributed by atoms with Crippen LogP contribution in [-0.4, -0.2) is 108 Å². The first-order valence-electron chi connectivity index (χ1n) is 17.7. The van der Waals surface area contributed by atoms with Crippen molar-refractivity contribution in [1.29, 1.82) is 0 Å². The van der Waals surface area contributed by atoms with Crippen molar-refractivity contribution in [1.82, 2.24) is 0 Å². The zero-order valence-corrected chi connectivity index (χ0v) is 30.6. The van der Waals surface area contributed by atoms with Crippen LogP contribution in [0.25, 0.3) is 0 Å². The fourth-order valence-electron chi connectivity index (χ4n) is 6.27. The molecule has 16 heteroatoms. The Balaban J connectivity index is 6.19. The molecule has 0 aliphatic rings. The van der Waals surface area contributed by atoms with Gasteiger partial charge in [-0.3, -0.25) is 28.8 Å². The van der Waals surface area contributed by atoms with Gasteiger partial charge in [-0.25, -0.2) is 0 Å². The summed E-state index contributed by atoms with van der Waals surface area (Å²) in [6.07, 6.45) is -2.76. The third-order valence-electron chi connectivity index (χ3n) is 8.98. The number of esters is 2. The number of rotatable bonds is 29. The Labute approximate surface area is 299 Å². The van der Waals surface area contributed by atoms with Crippen LogP contribution in [-0.2, 0) is 38.2 Å². The second-order valence-electron chi connectivity index (χ2n) is 14.3. The molecule has 0 fully saturated rings. The lowest BCUT2D eigenvalue weighted by Crippen LogP contribution is -2.51. The summed E-state index contributed by atoms with van der Waals surface area (Å²) >= 11 is 0. The molecule has 0 heterocycles. The lowest BCUT2D eigenvalue weighted by Gasteiger charge is -2.41. The molecule has 0 aromatic rings. The highest BCUT2D eigenvalue weighted by molar-refractivity contribution is 5.84. The number of hydrogen-bond acceptors (Lipinski definition) is 12. The fourth-order valence-corrected chi connectivity index (χ4v) is 6.27. The molecule has 0 aromatic heterocycles. The highest BCUT2D eigenvalue weighted by atomic mass is 16.6. The normalized spacial score (nSPS) is 18.1. The average molecular weight is 736 g/mol. The van der Waals surface area contributed by atoms with Gasteiger partial charge in [0.2, 0.25) is 0 Å². The van der Waals surface area contributed by atoms with E-state index in [1.54, 1.807) is 20.8 Å². The molecular formula is C35H61NO15. The Morgan fingerprint density at radius 3 is 1.59 bits per heavy atom. The quantitative estimate of drug-likeness (QED) is 0.0405. The number of aliphatic hydroxyl groups excluding tert-OH is 3. The van der Waals surface area contributed by atoms with Crippen LogP contribution in [0, 0.1) is 23.7 Å². The number of ether oxygens (including phenoxy) is 2. The monoisotopic (exact) mass is 735 g/mol. The molecule has 0 bridgehead atoms. The predicted molar refractivity (Wildman–Crippen MR) is 182 cm³/mol. The van der Waals surface area contributed by atoms with Gasteiger partial charge in [0.05, 0.1) is 55.8 Å². The summed E-state index contributed by atoms with van der Waals surface area (Å²) in [5.41, 5.74) is 3.97. The predicted octanol–water partition coefficient (Wildman–Crippen LogP) is 2.95. The van der Waals surface area contributed by atoms with Crippen LogP contribution < -0.4 is 5.73 Å². The van der Waals surface area contributed by atoms with Crippen LogP contribution >= 0.6 is 0 Å². The molecule has 0 saturated carbocycles. The van der Waals surface area contributed by atoms with Gasteiger partial charge in [-0.15, -0.1) is 0 Å². The number of carboxylic acids is 4. The Morgan fingerprint density at radius 2 is 1.16 bits per heavy atom. The third-order valence-corrected chi connectivity index (χ3v) is 8.98. The van der Waals surface area contributed by atoms with E-state index in [1.165, 1.54) is 6.92 Å². The second kappa shape index (κ2) is 24.0. The SMILES string of the molecule is CCCC[C@@H](C)[C@@H](OC(=O)C[C@H](CC(=O)O)C(=O)O)[C@](C)(C[C@@H](C)C[C@H](O)CCCC[C@@H](O)C[C@H](O)[C@H](C)N)OC(=O)C[C@@H](CC(=O)O)C(=O)O. The highest BCUT2D eigenvalue weighted by Gasteiger charge is 2.46. The molecule has 51 heavy (non-hydrogen) atoms. The second-order valence-corrected chi connectivity index (χ2v) is 14.3. The summed E-state index contributed by atoms with van der Waals surface area (Å²) in [6.45, 7) is 8.55. The summed E-state index contributed by atoms with van der Waals surface area (Å²) in [5, 5.41) is 68.1. The van der Waals surface area contributed by atoms with Gasteiger partial charge >= 0.3 is 35.8 Å². The van der Waals surface area contributed by atoms with Crippen molar-refractivity contribution in [2.24, 2.45) is 29.4 Å². The highest BCUT2D eigenvalue weighted by Crippen LogP contribution is 2.36. The number of carboxylic acid groups (broad SMARTS) is 4. The van der Waals surface area contributed by atoms with E-state index in [2.05, 4.69) is 0 Å². The summed E-state index contributed by atoms with van der Waals surface area (Å²) in [5.74, 6) is -12.1. The minimum absolute atomic E-state index is 0.00770. The molecule has 0 amide bonds. The summed E-state index contributed by atoms with van der Waals surface area (Å²) < 4.78 is 11.7. The molecule has 0 aliphatic heterocycles. The van der Waals surface area contributed by atoms with Gasteiger partial charge < -0.3 is 51.0 Å². The smallest absolute Gasteiger partial charge is 0.307 e. The van der Waals surface area contributed by atoms with E-state index in [-0.39, 0.29) is 19.3 Å². The zero-order valence-electron chi connectivity index (χ0n) is 30.6. The number of carbonyl (C=O) groups is 6. The van der Waals surface area contributed by atoms with Gasteiger partial charge in [0, 0.05) is 12.5 Å². The lowest BCUT2D eigenvalue weighted by molar-refractivity contribution is -0.196. The summed E-state index contributed by atoms with van der Waals surface area (Å²) in [7, 11) is 0. The molecule has 10 atom stereocenters. The third kappa shape index (κ3) is 20.3. The van der Waals surface area contributed by atoms with Crippen molar-refractivity contribution in [3.05, 3.63) is 0 Å². The summed E-state index contributed by atoms with van der Waals surface area (Å²) in [4.78, 5) is 72.2. The minimum Gasteiger partial charge on any atom is -0.481 e. The fraction of sp³-hybridized carbons (Fsp3) is 0.829. The maximum Gasteiger partial charge on any atom is 0.307 e. The van der Waals surface area contributed by atoms with Crippen molar-refractivity contribution < 1.29 is 74.0 Å². The van der Waals surface area contributed by atoms with Crippen molar-refractivity contribution in [3.63, 3.8) is 0 Å². The van der Waals surface area contributed by atoms with Crippen LogP contribution in [0.1, 0.15) is 125 Å². The molecule has 0 radical (unpaired) electrons. The molecule has 0 aromatic carbocycles. The van der Waals surface area contributed by atoms with Gasteiger partial charge in [0.15, 0.2) is 0 Å². The maximum atomic E-state index is 13.3. The molecular weight excluding hydrogens is 674 g/mol. The number of hydrogen-bond donors (Lipinski definition) is 8. The molecule has 9 N–H and O–H groups in total. The van der Waals surface area contributed by atoms with Crippen LogP contribution in [0.15, 0.2) is 0 Å². The van der Waals surface area contributed by atoms with Crippen LogP contribution in [0.5, 0.6) is 0 Å². The van der Waals surface area contributed by atoms with Gasteiger partial charge in [0.25, 0.3) is 0 Å². The van der Waals surface area contributed by atoms with E-state index in [0.29, 0.717) is 38.5 Å². The van der Waals surface area contributed by atoms with Gasteiger partial charge in [-0.2, -0.15) is 0 Å². The molecule has 0 spiro atoms. The minimum atomic E-state index is -1.66. The Kier molecular flexibility index (Phi) is 22.4. The number of aliphatic carboxylic acids is 4. The molecule has 0 unspecified atom stereocenters. The Hall–Kier alpha value is -3.34. The van der Waals surface area contributed by atoms with Crippen molar-refractivity contribution in [2.75, 3.05) is 0 Å². The molecule has 0 saturated heterocycles. The topological polar surface area (TPSA) is 289 Å². The maximum absolute atomic E-state index is 13.3. The molecule has 0 rings (SSSR count). The van der Waals surface area contributed by atoms with Gasteiger partial charge in [0.1, 0.15) is 11.7 Å². The molecule has 16 nitrogen and oxygen atoms in total. The Morgan fingerprint density at radius 1 is 0.686 bits per heavy atom. The first kappa shape index (κ1) is 47.7. The zero-order chi connectivity index (χ0) is 39.5. The van der Waals surface area contributed by atoms with E-state index < -0.39 is 121 Å². The van der Waals surface area contributed by atoms with Crippen LogP contribution in [0.2, 0.25) is 0 Å². The number of aliphatic hydroxyl groups is 3. The van der Waals surface area contributed by atoms with Crippen molar-refractivity contribution in [2.45, 2.75) is 161 Å².